The van der Waals surface area contributed by atoms with E-state index in [2.05, 4.69) is 4.98 Å². The van der Waals surface area contributed by atoms with Gasteiger partial charge >= 0.3 is 0 Å². The highest BCUT2D eigenvalue weighted by atomic mass is 35.5. The SMILES string of the molecule is COc1nc(Cl)ccc1C(C)(CN)OC. The molecule has 4 nitrogen and oxygen atoms in total. The lowest BCUT2D eigenvalue weighted by Gasteiger charge is -2.27. The summed E-state index contributed by atoms with van der Waals surface area (Å²) in [5.74, 6) is 0.442. The van der Waals surface area contributed by atoms with E-state index in [9.17, 15) is 0 Å². The summed E-state index contributed by atoms with van der Waals surface area (Å²) in [5, 5.41) is 0.381. The topological polar surface area (TPSA) is 57.4 Å². The number of ether oxygens (including phenoxy) is 2. The number of hydrogen-bond acceptors (Lipinski definition) is 4. The van der Waals surface area contributed by atoms with E-state index < -0.39 is 5.60 Å². The van der Waals surface area contributed by atoms with E-state index >= 15 is 0 Å². The number of hydrogen-bond donors (Lipinski definition) is 1. The lowest BCUT2D eigenvalue weighted by atomic mass is 9.97. The van der Waals surface area contributed by atoms with Crippen LogP contribution in [0.4, 0.5) is 0 Å². The standard InChI is InChI=1S/C10H15ClN2O2/c1-10(6-12,15-3)7-4-5-8(11)13-9(7)14-2/h4-5H,6,12H2,1-3H3. The number of rotatable bonds is 4. The summed E-state index contributed by atoms with van der Waals surface area (Å²) < 4.78 is 10.5. The molecule has 0 saturated heterocycles. The maximum Gasteiger partial charge on any atom is 0.220 e. The zero-order valence-corrected chi connectivity index (χ0v) is 9.84. The molecule has 2 N–H and O–H groups in total. The molecule has 0 radical (unpaired) electrons. The van der Waals surface area contributed by atoms with Gasteiger partial charge in [0.2, 0.25) is 5.88 Å². The molecule has 0 amide bonds. The van der Waals surface area contributed by atoms with Crippen molar-refractivity contribution in [3.05, 3.63) is 22.8 Å². The van der Waals surface area contributed by atoms with Crippen molar-refractivity contribution < 1.29 is 9.47 Å². The first-order valence-electron chi connectivity index (χ1n) is 4.53. The monoisotopic (exact) mass is 230 g/mol. The molecule has 1 unspecified atom stereocenters. The van der Waals surface area contributed by atoms with Gasteiger partial charge in [-0.25, -0.2) is 4.98 Å². The summed E-state index contributed by atoms with van der Waals surface area (Å²) in [6.07, 6.45) is 0. The van der Waals surface area contributed by atoms with Crippen molar-refractivity contribution in [1.82, 2.24) is 4.98 Å². The summed E-state index contributed by atoms with van der Waals surface area (Å²) in [7, 11) is 3.13. The predicted octanol–water partition coefficient (Wildman–Crippen LogP) is 1.56. The fourth-order valence-corrected chi connectivity index (χ4v) is 1.42. The number of aromatic nitrogens is 1. The van der Waals surface area contributed by atoms with Gasteiger partial charge in [-0.15, -0.1) is 0 Å². The maximum atomic E-state index is 5.77. The Hall–Kier alpha value is -0.840. The van der Waals surface area contributed by atoms with Crippen LogP contribution in [0.5, 0.6) is 5.88 Å². The molecule has 1 aromatic rings. The Labute approximate surface area is 94.3 Å². The third-order valence-electron chi connectivity index (χ3n) is 2.43. The summed E-state index contributed by atoms with van der Waals surface area (Å²) in [6, 6.07) is 3.50. The normalized spacial score (nSPS) is 14.7. The van der Waals surface area contributed by atoms with Gasteiger partial charge in [0, 0.05) is 19.2 Å². The zero-order valence-electron chi connectivity index (χ0n) is 9.08. The zero-order chi connectivity index (χ0) is 11.5. The second-order valence-electron chi connectivity index (χ2n) is 3.33. The molecule has 1 heterocycles. The minimum Gasteiger partial charge on any atom is -0.481 e. The van der Waals surface area contributed by atoms with Crippen LogP contribution >= 0.6 is 11.6 Å². The highest BCUT2D eigenvalue weighted by Gasteiger charge is 2.28. The van der Waals surface area contributed by atoms with Crippen LogP contribution in [0.25, 0.3) is 0 Å². The number of halogens is 1. The Kier molecular flexibility index (Phi) is 3.90. The molecule has 5 heteroatoms. The van der Waals surface area contributed by atoms with E-state index in [4.69, 9.17) is 26.8 Å². The van der Waals surface area contributed by atoms with E-state index in [0.717, 1.165) is 5.56 Å². The second-order valence-corrected chi connectivity index (χ2v) is 3.72. The first-order valence-corrected chi connectivity index (χ1v) is 4.91. The van der Waals surface area contributed by atoms with Gasteiger partial charge in [-0.1, -0.05) is 11.6 Å². The number of nitrogens with zero attached hydrogens (tertiary/aromatic N) is 1. The average Bonchev–Trinajstić information content (AvgIpc) is 2.27. The van der Waals surface area contributed by atoms with Crippen molar-refractivity contribution in [1.29, 1.82) is 0 Å². The fourth-order valence-electron chi connectivity index (χ4n) is 1.28. The van der Waals surface area contributed by atoms with Crippen molar-refractivity contribution >= 4 is 11.6 Å². The van der Waals surface area contributed by atoms with Crippen molar-refractivity contribution in [3.63, 3.8) is 0 Å². The van der Waals surface area contributed by atoms with Crippen LogP contribution in [0.2, 0.25) is 5.15 Å². The number of nitrogens with two attached hydrogens (primary N) is 1. The van der Waals surface area contributed by atoms with Crippen LogP contribution < -0.4 is 10.5 Å². The molecule has 0 fully saturated rings. The Bertz CT molecular complexity index is 340. The molecular formula is C10H15ClN2O2. The average molecular weight is 231 g/mol. The van der Waals surface area contributed by atoms with Gasteiger partial charge in [0.15, 0.2) is 0 Å². The van der Waals surface area contributed by atoms with E-state index in [1.54, 1.807) is 13.2 Å². The van der Waals surface area contributed by atoms with Gasteiger partial charge in [-0.2, -0.15) is 0 Å². The largest absolute Gasteiger partial charge is 0.481 e. The Morgan fingerprint density at radius 1 is 1.47 bits per heavy atom. The molecule has 0 aromatic carbocycles. The molecule has 0 saturated carbocycles. The first-order chi connectivity index (χ1) is 7.07. The molecule has 0 aliphatic carbocycles. The fraction of sp³-hybridized carbons (Fsp3) is 0.500. The van der Waals surface area contributed by atoms with Crippen LogP contribution in [-0.4, -0.2) is 25.7 Å². The van der Waals surface area contributed by atoms with Crippen LogP contribution in [0.3, 0.4) is 0 Å². The minimum atomic E-state index is -0.608. The number of pyridine rings is 1. The quantitative estimate of drug-likeness (QED) is 0.798. The maximum absolute atomic E-state index is 5.77. The Balaban J connectivity index is 3.23. The summed E-state index contributed by atoms with van der Waals surface area (Å²) in [6.45, 7) is 2.21. The summed E-state index contributed by atoms with van der Waals surface area (Å²) >= 11 is 5.77. The smallest absolute Gasteiger partial charge is 0.220 e. The molecule has 0 aliphatic heterocycles. The third-order valence-corrected chi connectivity index (χ3v) is 2.64. The molecule has 84 valence electrons. The summed E-state index contributed by atoms with van der Waals surface area (Å²) in [5.41, 5.74) is 5.85. The molecule has 0 aliphatic rings. The van der Waals surface area contributed by atoms with Crippen molar-refractivity contribution in [2.75, 3.05) is 20.8 Å². The van der Waals surface area contributed by atoms with Gasteiger partial charge in [0.05, 0.1) is 7.11 Å². The van der Waals surface area contributed by atoms with Crippen LogP contribution in [0, 0.1) is 0 Å². The van der Waals surface area contributed by atoms with Crippen molar-refractivity contribution in [2.45, 2.75) is 12.5 Å². The molecular weight excluding hydrogens is 216 g/mol. The van der Waals surface area contributed by atoms with Crippen LogP contribution in [0.15, 0.2) is 12.1 Å². The van der Waals surface area contributed by atoms with Crippen molar-refractivity contribution in [3.8, 4) is 5.88 Å². The van der Waals surface area contributed by atoms with E-state index in [1.165, 1.54) is 7.11 Å². The molecule has 1 atom stereocenters. The van der Waals surface area contributed by atoms with Gasteiger partial charge in [-0.05, 0) is 19.1 Å². The highest BCUT2D eigenvalue weighted by Crippen LogP contribution is 2.31. The minimum absolute atomic E-state index is 0.336. The highest BCUT2D eigenvalue weighted by molar-refractivity contribution is 6.29. The lowest BCUT2D eigenvalue weighted by Crippen LogP contribution is -2.34. The van der Waals surface area contributed by atoms with Crippen LogP contribution in [-0.2, 0) is 10.3 Å². The first kappa shape index (κ1) is 12.2. The third kappa shape index (κ3) is 2.40. The Morgan fingerprint density at radius 2 is 2.13 bits per heavy atom. The van der Waals surface area contributed by atoms with E-state index in [1.807, 2.05) is 13.0 Å². The Morgan fingerprint density at radius 3 is 2.60 bits per heavy atom. The molecule has 1 rings (SSSR count). The second kappa shape index (κ2) is 4.79. The summed E-state index contributed by atoms with van der Waals surface area (Å²) in [4.78, 5) is 4.06. The van der Waals surface area contributed by atoms with Gasteiger partial charge in [0.25, 0.3) is 0 Å². The van der Waals surface area contributed by atoms with Gasteiger partial charge in [0.1, 0.15) is 10.8 Å². The molecule has 1 aromatic heterocycles. The van der Waals surface area contributed by atoms with E-state index in [-0.39, 0.29) is 0 Å². The molecule has 0 bridgehead atoms. The van der Waals surface area contributed by atoms with Crippen molar-refractivity contribution in [2.24, 2.45) is 5.73 Å². The molecule has 0 spiro atoms. The van der Waals surface area contributed by atoms with Gasteiger partial charge in [-0.3, -0.25) is 0 Å². The number of methoxy groups -OCH3 is 2. The van der Waals surface area contributed by atoms with Gasteiger partial charge < -0.3 is 15.2 Å². The predicted molar refractivity (Wildman–Crippen MR) is 59.2 cm³/mol. The van der Waals surface area contributed by atoms with Crippen LogP contribution in [0.1, 0.15) is 12.5 Å². The molecule has 15 heavy (non-hydrogen) atoms. The lowest BCUT2D eigenvalue weighted by molar-refractivity contribution is 0.00775. The van der Waals surface area contributed by atoms with E-state index in [0.29, 0.717) is 17.6 Å².